The number of hydrogen-bond donors (Lipinski definition) is 0. The maximum Gasteiger partial charge on any atom is 0.140 e. The lowest BCUT2D eigenvalue weighted by molar-refractivity contribution is 0.609. The van der Waals surface area contributed by atoms with Crippen LogP contribution < -0.4 is 0 Å². The summed E-state index contributed by atoms with van der Waals surface area (Å²) < 4.78 is 1.75. The Balaban J connectivity index is 2.76. The summed E-state index contributed by atoms with van der Waals surface area (Å²) in [4.78, 5) is 0. The Kier molecular flexibility index (Phi) is 2.72. The van der Waals surface area contributed by atoms with Gasteiger partial charge in [-0.15, -0.1) is 11.6 Å². The smallest absolute Gasteiger partial charge is 0.140 e. The SMILES string of the molecule is Cc1cc(C)n(CC(Cl)C#N)n1. The van der Waals surface area contributed by atoms with E-state index in [1.165, 1.54) is 0 Å². The van der Waals surface area contributed by atoms with Crippen molar-refractivity contribution in [2.45, 2.75) is 25.8 Å². The predicted octanol–water partition coefficient (Wildman–Crippen LogP) is 1.63. The fourth-order valence-electron chi connectivity index (χ4n) is 1.05. The highest BCUT2D eigenvalue weighted by atomic mass is 35.5. The first kappa shape index (κ1) is 9.08. The third-order valence-corrected chi connectivity index (χ3v) is 1.81. The molecular formula is C8H10ClN3. The van der Waals surface area contributed by atoms with Gasteiger partial charge in [0.25, 0.3) is 0 Å². The molecule has 1 unspecified atom stereocenters. The van der Waals surface area contributed by atoms with E-state index in [0.717, 1.165) is 11.4 Å². The maximum atomic E-state index is 8.47. The highest BCUT2D eigenvalue weighted by Crippen LogP contribution is 2.05. The van der Waals surface area contributed by atoms with E-state index in [4.69, 9.17) is 16.9 Å². The number of alkyl halides is 1. The summed E-state index contributed by atoms with van der Waals surface area (Å²) in [5.74, 6) is 0. The Morgan fingerprint density at radius 2 is 2.42 bits per heavy atom. The lowest BCUT2D eigenvalue weighted by Gasteiger charge is -2.02. The molecule has 0 saturated heterocycles. The standard InChI is InChI=1S/C8H10ClN3/c1-6-3-7(2)12(11-6)5-8(9)4-10/h3,8H,5H2,1-2H3. The van der Waals surface area contributed by atoms with Crippen LogP contribution in [0.3, 0.4) is 0 Å². The van der Waals surface area contributed by atoms with E-state index >= 15 is 0 Å². The Labute approximate surface area is 76.6 Å². The van der Waals surface area contributed by atoms with Crippen LogP contribution in [0.25, 0.3) is 0 Å². The van der Waals surface area contributed by atoms with E-state index in [-0.39, 0.29) is 0 Å². The summed E-state index contributed by atoms with van der Waals surface area (Å²) >= 11 is 5.66. The summed E-state index contributed by atoms with van der Waals surface area (Å²) in [6.45, 7) is 4.32. The van der Waals surface area contributed by atoms with Gasteiger partial charge in [-0.1, -0.05) is 0 Å². The van der Waals surface area contributed by atoms with E-state index in [2.05, 4.69) is 5.10 Å². The lowest BCUT2D eigenvalue weighted by Crippen LogP contribution is -2.11. The first-order valence-corrected chi connectivity index (χ1v) is 4.12. The number of nitriles is 1. The van der Waals surface area contributed by atoms with E-state index in [9.17, 15) is 0 Å². The van der Waals surface area contributed by atoms with Crippen molar-refractivity contribution in [1.29, 1.82) is 5.26 Å². The molecule has 4 heteroatoms. The minimum Gasteiger partial charge on any atom is -0.267 e. The molecule has 64 valence electrons. The van der Waals surface area contributed by atoms with Crippen molar-refractivity contribution < 1.29 is 0 Å². The Morgan fingerprint density at radius 1 is 1.75 bits per heavy atom. The predicted molar refractivity (Wildman–Crippen MR) is 47.0 cm³/mol. The average Bonchev–Trinajstić information content (AvgIpc) is 2.30. The minimum atomic E-state index is -0.497. The highest BCUT2D eigenvalue weighted by Gasteiger charge is 2.06. The number of aryl methyl sites for hydroxylation is 2. The molecule has 1 rings (SSSR count). The van der Waals surface area contributed by atoms with Crippen molar-refractivity contribution in [2.75, 3.05) is 0 Å². The topological polar surface area (TPSA) is 41.6 Å². The van der Waals surface area contributed by atoms with Crippen molar-refractivity contribution in [3.05, 3.63) is 17.5 Å². The van der Waals surface area contributed by atoms with Crippen LogP contribution in [-0.4, -0.2) is 15.2 Å². The van der Waals surface area contributed by atoms with Gasteiger partial charge in [0, 0.05) is 5.69 Å². The molecule has 1 aromatic rings. The largest absolute Gasteiger partial charge is 0.267 e. The fourth-order valence-corrected chi connectivity index (χ4v) is 1.18. The minimum absolute atomic E-state index is 0.456. The van der Waals surface area contributed by atoms with Gasteiger partial charge in [-0.25, -0.2) is 0 Å². The molecule has 0 aliphatic carbocycles. The molecular weight excluding hydrogens is 174 g/mol. The number of hydrogen-bond acceptors (Lipinski definition) is 2. The van der Waals surface area contributed by atoms with Crippen molar-refractivity contribution in [2.24, 2.45) is 0 Å². The Hall–Kier alpha value is -1.01. The van der Waals surface area contributed by atoms with Crippen molar-refractivity contribution >= 4 is 11.6 Å². The van der Waals surface area contributed by atoms with E-state index in [1.807, 2.05) is 26.0 Å². The maximum absolute atomic E-state index is 8.47. The number of aromatic nitrogens is 2. The second-order valence-electron chi connectivity index (χ2n) is 2.71. The summed E-state index contributed by atoms with van der Waals surface area (Å²) in [6, 6.07) is 3.91. The van der Waals surface area contributed by atoms with Gasteiger partial charge in [0.05, 0.1) is 18.3 Å². The van der Waals surface area contributed by atoms with Crippen LogP contribution in [0.15, 0.2) is 6.07 Å². The molecule has 0 N–H and O–H groups in total. The van der Waals surface area contributed by atoms with Gasteiger partial charge in [0.1, 0.15) is 5.38 Å². The molecule has 0 aromatic carbocycles. The molecule has 1 atom stereocenters. The third kappa shape index (κ3) is 1.99. The Morgan fingerprint density at radius 3 is 2.83 bits per heavy atom. The molecule has 0 bridgehead atoms. The fraction of sp³-hybridized carbons (Fsp3) is 0.500. The van der Waals surface area contributed by atoms with Crippen molar-refractivity contribution in [1.82, 2.24) is 9.78 Å². The van der Waals surface area contributed by atoms with Crippen LogP contribution >= 0.6 is 11.6 Å². The van der Waals surface area contributed by atoms with Crippen molar-refractivity contribution in [3.8, 4) is 6.07 Å². The quantitative estimate of drug-likeness (QED) is 0.654. The van der Waals surface area contributed by atoms with Crippen molar-refractivity contribution in [3.63, 3.8) is 0 Å². The molecule has 0 saturated carbocycles. The lowest BCUT2D eigenvalue weighted by atomic mass is 10.4. The summed E-state index contributed by atoms with van der Waals surface area (Å²) in [6.07, 6.45) is 0. The molecule has 0 aliphatic rings. The zero-order valence-corrected chi connectivity index (χ0v) is 7.84. The van der Waals surface area contributed by atoms with Crippen LogP contribution in [0, 0.1) is 25.2 Å². The van der Waals surface area contributed by atoms with Crippen LogP contribution in [0.5, 0.6) is 0 Å². The van der Waals surface area contributed by atoms with Gasteiger partial charge in [0.15, 0.2) is 0 Å². The van der Waals surface area contributed by atoms with E-state index < -0.39 is 5.38 Å². The zero-order chi connectivity index (χ0) is 9.14. The number of halogens is 1. The summed E-state index contributed by atoms with van der Waals surface area (Å²) in [5.41, 5.74) is 1.99. The van der Waals surface area contributed by atoms with E-state index in [1.54, 1.807) is 4.68 Å². The first-order chi connectivity index (χ1) is 5.63. The summed E-state index contributed by atoms with van der Waals surface area (Å²) in [7, 11) is 0. The number of nitrogens with zero attached hydrogens (tertiary/aromatic N) is 3. The molecule has 0 fully saturated rings. The first-order valence-electron chi connectivity index (χ1n) is 3.68. The monoisotopic (exact) mass is 183 g/mol. The van der Waals surface area contributed by atoms with E-state index in [0.29, 0.717) is 6.54 Å². The third-order valence-electron chi connectivity index (χ3n) is 1.58. The van der Waals surface area contributed by atoms with Crippen LogP contribution in [-0.2, 0) is 6.54 Å². The molecule has 1 heterocycles. The zero-order valence-electron chi connectivity index (χ0n) is 7.08. The molecule has 0 radical (unpaired) electrons. The van der Waals surface area contributed by atoms with Gasteiger partial charge in [-0.2, -0.15) is 10.4 Å². The molecule has 0 aliphatic heterocycles. The van der Waals surface area contributed by atoms with Gasteiger partial charge < -0.3 is 0 Å². The second-order valence-corrected chi connectivity index (χ2v) is 3.23. The van der Waals surface area contributed by atoms with Crippen LogP contribution in [0.4, 0.5) is 0 Å². The second kappa shape index (κ2) is 3.59. The molecule has 0 amide bonds. The highest BCUT2D eigenvalue weighted by molar-refractivity contribution is 6.22. The Bertz CT molecular complexity index is 311. The molecule has 3 nitrogen and oxygen atoms in total. The van der Waals surface area contributed by atoms with Crippen LogP contribution in [0.1, 0.15) is 11.4 Å². The number of rotatable bonds is 2. The van der Waals surface area contributed by atoms with Gasteiger partial charge >= 0.3 is 0 Å². The van der Waals surface area contributed by atoms with Gasteiger partial charge in [0.2, 0.25) is 0 Å². The van der Waals surface area contributed by atoms with Gasteiger partial charge in [-0.3, -0.25) is 4.68 Å². The molecule has 1 aromatic heterocycles. The summed E-state index contributed by atoms with van der Waals surface area (Å²) in [5, 5.41) is 12.2. The molecule has 0 spiro atoms. The average molecular weight is 184 g/mol. The normalized spacial score (nSPS) is 12.5. The van der Waals surface area contributed by atoms with Crippen LogP contribution in [0.2, 0.25) is 0 Å². The van der Waals surface area contributed by atoms with Gasteiger partial charge in [-0.05, 0) is 19.9 Å². The molecule has 12 heavy (non-hydrogen) atoms.